The van der Waals surface area contributed by atoms with E-state index in [0.29, 0.717) is 5.92 Å². The molecule has 124 valence electrons. The Morgan fingerprint density at radius 3 is 2.08 bits per heavy atom. The van der Waals surface area contributed by atoms with Crippen LogP contribution in [0, 0.1) is 5.92 Å². The Morgan fingerprint density at radius 2 is 1.40 bits per heavy atom. The molecular weight excluding hydrogens is 319 g/mol. The smallest absolute Gasteiger partial charge is 0.0207 e. The van der Waals surface area contributed by atoms with Crippen LogP contribution in [0.3, 0.4) is 0 Å². The van der Waals surface area contributed by atoms with Gasteiger partial charge in [-0.1, -0.05) is 97.1 Å². The predicted molar refractivity (Wildman–Crippen MR) is 111 cm³/mol. The molecule has 0 heterocycles. The van der Waals surface area contributed by atoms with Crippen molar-refractivity contribution in [3.8, 4) is 0 Å². The van der Waals surface area contributed by atoms with Crippen LogP contribution in [0.2, 0.25) is 0 Å². The number of hydrogen-bond acceptors (Lipinski definition) is 0. The molecule has 0 saturated heterocycles. The Bertz CT molecular complexity index is 785. The van der Waals surface area contributed by atoms with Gasteiger partial charge in [-0.25, -0.2) is 0 Å². The molecule has 0 spiro atoms. The molecule has 0 saturated carbocycles. The second-order valence-electron chi connectivity index (χ2n) is 6.54. The molecule has 0 N–H and O–H groups in total. The van der Waals surface area contributed by atoms with Gasteiger partial charge in [0.05, 0.1) is 0 Å². The first-order chi connectivity index (χ1) is 12.4. The highest BCUT2D eigenvalue weighted by molar-refractivity contribution is 7.73. The van der Waals surface area contributed by atoms with E-state index in [4.69, 9.17) is 0 Å². The summed E-state index contributed by atoms with van der Waals surface area (Å²) in [6.45, 7) is 0. The van der Waals surface area contributed by atoms with E-state index >= 15 is 0 Å². The van der Waals surface area contributed by atoms with E-state index in [1.807, 2.05) is 0 Å². The van der Waals surface area contributed by atoms with Crippen LogP contribution in [-0.2, 0) is 0 Å². The van der Waals surface area contributed by atoms with Gasteiger partial charge >= 0.3 is 0 Å². The van der Waals surface area contributed by atoms with Crippen LogP contribution < -0.4 is 10.6 Å². The van der Waals surface area contributed by atoms with E-state index in [1.54, 1.807) is 0 Å². The van der Waals surface area contributed by atoms with Gasteiger partial charge in [-0.2, -0.15) is 0 Å². The minimum atomic E-state index is -0.269. The minimum Gasteiger partial charge on any atom is -0.0732 e. The molecule has 2 aromatic carbocycles. The minimum absolute atomic E-state index is 0.269. The topological polar surface area (TPSA) is 0 Å². The van der Waals surface area contributed by atoms with Gasteiger partial charge < -0.3 is 0 Å². The van der Waals surface area contributed by atoms with Crippen LogP contribution in [0.4, 0.5) is 0 Å². The third-order valence-electron chi connectivity index (χ3n) is 4.90. The van der Waals surface area contributed by atoms with Gasteiger partial charge in [0.15, 0.2) is 0 Å². The Morgan fingerprint density at radius 1 is 0.720 bits per heavy atom. The number of benzene rings is 2. The summed E-state index contributed by atoms with van der Waals surface area (Å²) in [5, 5.41) is 2.98. The van der Waals surface area contributed by atoms with Crippen LogP contribution in [0.15, 0.2) is 108 Å². The third-order valence-corrected chi connectivity index (χ3v) is 7.51. The molecule has 0 aromatic heterocycles. The van der Waals surface area contributed by atoms with Gasteiger partial charge in [0.2, 0.25) is 0 Å². The quantitative estimate of drug-likeness (QED) is 0.607. The second kappa shape index (κ2) is 7.81. The van der Waals surface area contributed by atoms with Crippen LogP contribution in [0.1, 0.15) is 12.8 Å². The fraction of sp³-hybridized carbons (Fsp3) is 0.167. The molecule has 0 aliphatic heterocycles. The van der Waals surface area contributed by atoms with Gasteiger partial charge in [0.1, 0.15) is 0 Å². The van der Waals surface area contributed by atoms with Crippen molar-refractivity contribution in [3.63, 3.8) is 0 Å². The Kier molecular flexibility index (Phi) is 5.09. The predicted octanol–water partition coefficient (Wildman–Crippen LogP) is 5.51. The van der Waals surface area contributed by atoms with E-state index in [0.717, 1.165) is 0 Å². The molecule has 1 heteroatoms. The van der Waals surface area contributed by atoms with E-state index in [2.05, 4.69) is 97.1 Å². The highest BCUT2D eigenvalue weighted by Crippen LogP contribution is 2.37. The zero-order valence-electron chi connectivity index (χ0n) is 14.4. The van der Waals surface area contributed by atoms with Crippen LogP contribution in [0.5, 0.6) is 0 Å². The fourth-order valence-electron chi connectivity index (χ4n) is 3.64. The van der Waals surface area contributed by atoms with Crippen molar-refractivity contribution in [2.75, 3.05) is 6.16 Å². The molecule has 0 fully saturated rings. The number of hydrogen-bond donors (Lipinski definition) is 0. The summed E-state index contributed by atoms with van der Waals surface area (Å²) in [5.74, 6) is 0.518. The molecular formula is C24H23P. The number of rotatable bonds is 6. The zero-order chi connectivity index (χ0) is 16.9. The lowest BCUT2D eigenvalue weighted by Crippen LogP contribution is -2.13. The van der Waals surface area contributed by atoms with Crippen LogP contribution in [0.25, 0.3) is 0 Å². The van der Waals surface area contributed by atoms with Crippen molar-refractivity contribution in [2.45, 2.75) is 12.8 Å². The van der Waals surface area contributed by atoms with Crippen molar-refractivity contribution in [2.24, 2.45) is 5.92 Å². The van der Waals surface area contributed by atoms with Gasteiger partial charge in [0.25, 0.3) is 0 Å². The lowest BCUT2D eigenvalue weighted by molar-refractivity contribution is 0.913. The third kappa shape index (κ3) is 3.75. The van der Waals surface area contributed by atoms with E-state index < -0.39 is 0 Å². The maximum absolute atomic E-state index is 2.34. The Hall–Kier alpha value is -2.17. The molecule has 4 rings (SSSR count). The number of allylic oxidation sites excluding steroid dienone is 8. The Labute approximate surface area is 152 Å². The van der Waals surface area contributed by atoms with Crippen molar-refractivity contribution in [3.05, 3.63) is 108 Å². The summed E-state index contributed by atoms with van der Waals surface area (Å²) in [7, 11) is -0.269. The summed E-state index contributed by atoms with van der Waals surface area (Å²) < 4.78 is 0. The molecule has 0 nitrogen and oxygen atoms in total. The highest BCUT2D eigenvalue weighted by Gasteiger charge is 2.18. The first-order valence-electron chi connectivity index (χ1n) is 9.05. The summed E-state index contributed by atoms with van der Waals surface area (Å²) in [6.07, 6.45) is 17.2. The van der Waals surface area contributed by atoms with Crippen LogP contribution in [-0.4, -0.2) is 6.16 Å². The van der Waals surface area contributed by atoms with Crippen molar-refractivity contribution < 1.29 is 0 Å². The fourth-order valence-corrected chi connectivity index (χ4v) is 5.99. The summed E-state index contributed by atoms with van der Waals surface area (Å²) >= 11 is 0. The first-order valence-corrected chi connectivity index (χ1v) is 10.6. The average Bonchev–Trinajstić information content (AvgIpc) is 3.10. The lowest BCUT2D eigenvalue weighted by Gasteiger charge is -2.19. The van der Waals surface area contributed by atoms with E-state index in [9.17, 15) is 0 Å². The van der Waals surface area contributed by atoms with Crippen molar-refractivity contribution in [1.29, 1.82) is 0 Å². The van der Waals surface area contributed by atoms with E-state index in [1.165, 1.54) is 40.8 Å². The van der Waals surface area contributed by atoms with Gasteiger partial charge in [-0.15, -0.1) is 0 Å². The maximum Gasteiger partial charge on any atom is 0.0207 e. The summed E-state index contributed by atoms with van der Waals surface area (Å²) in [5.41, 5.74) is 3.04. The number of fused-ring (bicyclic) bond motifs is 1. The normalized spacial score (nSPS) is 18.2. The maximum atomic E-state index is 2.34. The lowest BCUT2D eigenvalue weighted by atomic mass is 9.95. The molecule has 0 bridgehead atoms. The largest absolute Gasteiger partial charge is 0.0732 e. The summed E-state index contributed by atoms with van der Waals surface area (Å²) in [6, 6.07) is 22.1. The molecule has 2 aliphatic carbocycles. The molecule has 0 radical (unpaired) electrons. The first kappa shape index (κ1) is 16.3. The molecule has 2 aliphatic rings. The van der Waals surface area contributed by atoms with Gasteiger partial charge in [-0.3, -0.25) is 0 Å². The molecule has 2 aromatic rings. The second-order valence-corrected chi connectivity index (χ2v) is 8.87. The van der Waals surface area contributed by atoms with Crippen LogP contribution >= 0.6 is 7.92 Å². The van der Waals surface area contributed by atoms with E-state index in [-0.39, 0.29) is 7.92 Å². The van der Waals surface area contributed by atoms with Crippen molar-refractivity contribution >= 4 is 18.5 Å². The summed E-state index contributed by atoms with van der Waals surface area (Å²) in [4.78, 5) is 0. The molecule has 1 atom stereocenters. The van der Waals surface area contributed by atoms with Crippen molar-refractivity contribution in [1.82, 2.24) is 0 Å². The molecule has 0 amide bonds. The van der Waals surface area contributed by atoms with Gasteiger partial charge in [0, 0.05) is 5.92 Å². The highest BCUT2D eigenvalue weighted by atomic mass is 31.1. The molecule has 1 unspecified atom stereocenters. The Balaban J connectivity index is 1.48. The standard InChI is InChI=1S/C24H23P/c1-3-12-22(13-4-1)25(23-14-5-2-6-15-23)19-9-11-21-18-17-20-10-7-8-16-24(20)21/h1-8,10,12-18,20H,9,11,19H2. The SMILES string of the molecule is C1=CC2=C(CCCP(c3ccccc3)c3ccccc3)C=CC2C=C1. The zero-order valence-corrected chi connectivity index (χ0v) is 15.3. The average molecular weight is 342 g/mol. The monoisotopic (exact) mass is 342 g/mol. The molecule has 25 heavy (non-hydrogen) atoms. The van der Waals surface area contributed by atoms with Gasteiger partial charge in [-0.05, 0) is 48.7 Å².